The molecule has 4 rings (SSSR count). The van der Waals surface area contributed by atoms with Crippen molar-refractivity contribution in [2.24, 2.45) is 0 Å². The summed E-state index contributed by atoms with van der Waals surface area (Å²) in [4.78, 5) is 32.3. The second-order valence-electron chi connectivity index (χ2n) is 9.73. The molecule has 3 heterocycles. The molecule has 0 saturated heterocycles. The summed E-state index contributed by atoms with van der Waals surface area (Å²) in [5.74, 6) is -1.13. The number of pyridine rings is 1. The molecule has 17 heteroatoms. The maximum atomic E-state index is 15.0. The molecule has 0 spiro atoms. The van der Waals surface area contributed by atoms with Crippen LogP contribution in [0.3, 0.4) is 0 Å². The molecule has 3 N–H and O–H groups in total. The van der Waals surface area contributed by atoms with Gasteiger partial charge >= 0.3 is 12.4 Å². The number of alkyl halides is 7. The van der Waals surface area contributed by atoms with Crippen LogP contribution in [0.25, 0.3) is 22.2 Å². The van der Waals surface area contributed by atoms with E-state index in [9.17, 15) is 49.8 Å². The van der Waals surface area contributed by atoms with Gasteiger partial charge in [-0.1, -0.05) is 0 Å². The summed E-state index contributed by atoms with van der Waals surface area (Å²) in [6, 6.07) is 2.59. The lowest BCUT2D eigenvalue weighted by atomic mass is 10.1. The molecule has 3 aromatic heterocycles. The summed E-state index contributed by atoms with van der Waals surface area (Å²) in [6.07, 6.45) is -11.4. The molecule has 1 aromatic carbocycles. The highest BCUT2D eigenvalue weighted by molar-refractivity contribution is 5.86. The van der Waals surface area contributed by atoms with E-state index in [-0.39, 0.29) is 34.1 Å². The van der Waals surface area contributed by atoms with E-state index < -0.39 is 71.8 Å². The highest BCUT2D eigenvalue weighted by atomic mass is 19.4. The molecule has 9 nitrogen and oxygen atoms in total. The summed E-state index contributed by atoms with van der Waals surface area (Å²) in [6.45, 7) is 0.860. The lowest BCUT2D eigenvalue weighted by Gasteiger charge is -2.20. The molecule has 0 radical (unpaired) electrons. The van der Waals surface area contributed by atoms with E-state index in [0.29, 0.717) is 0 Å². The molecule has 1 unspecified atom stereocenters. The molecule has 0 aliphatic rings. The number of nitrogens with one attached hydrogen (secondary N) is 2. The third-order valence-corrected chi connectivity index (χ3v) is 6.36. The second kappa shape index (κ2) is 12.1. The van der Waals surface area contributed by atoms with Gasteiger partial charge in [-0.3, -0.25) is 9.59 Å². The lowest BCUT2D eigenvalue weighted by Crippen LogP contribution is -2.30. The van der Waals surface area contributed by atoms with E-state index in [4.69, 9.17) is 0 Å². The number of aromatic amines is 1. The normalized spacial score (nSPS) is 14.5. The molecule has 0 bridgehead atoms. The van der Waals surface area contributed by atoms with Gasteiger partial charge in [0.15, 0.2) is 11.9 Å². The fourth-order valence-corrected chi connectivity index (χ4v) is 4.34. The molecule has 0 aliphatic carbocycles. The average molecular weight is 618 g/mol. The largest absolute Gasteiger partial charge is 0.423 e. The quantitative estimate of drug-likeness (QED) is 0.238. The topological polar surface area (TPSA) is 126 Å². The van der Waals surface area contributed by atoms with Crippen LogP contribution in [0.1, 0.15) is 24.5 Å². The number of aliphatic hydroxyl groups is 1. The van der Waals surface area contributed by atoms with Crippen LogP contribution in [0.2, 0.25) is 0 Å². The van der Waals surface area contributed by atoms with E-state index in [1.807, 2.05) is 0 Å². The number of hydrogen-bond donors (Lipinski definition) is 3. The van der Waals surface area contributed by atoms with Crippen molar-refractivity contribution in [2.75, 3.05) is 5.32 Å². The van der Waals surface area contributed by atoms with Crippen LogP contribution >= 0.6 is 0 Å². The Morgan fingerprint density at radius 3 is 2.37 bits per heavy atom. The van der Waals surface area contributed by atoms with Crippen molar-refractivity contribution >= 4 is 16.5 Å². The molecule has 4 aromatic rings. The van der Waals surface area contributed by atoms with Gasteiger partial charge in [-0.15, -0.1) is 0 Å². The summed E-state index contributed by atoms with van der Waals surface area (Å²) in [5.41, 5.74) is -4.59. The summed E-state index contributed by atoms with van der Waals surface area (Å²) in [7, 11) is 0. The number of anilines is 1. The van der Waals surface area contributed by atoms with E-state index in [1.165, 1.54) is 25.3 Å². The number of fused-ring (bicyclic) bond motifs is 1. The van der Waals surface area contributed by atoms with Crippen molar-refractivity contribution in [1.29, 1.82) is 0 Å². The second-order valence-corrected chi connectivity index (χ2v) is 9.73. The predicted octanol–water partition coefficient (Wildman–Crippen LogP) is 4.39. The van der Waals surface area contributed by atoms with Crippen molar-refractivity contribution in [3.8, 4) is 11.4 Å². The minimum Gasteiger partial charge on any atom is -0.383 e. The van der Waals surface area contributed by atoms with Crippen LogP contribution in [0.4, 0.5) is 40.8 Å². The molecule has 230 valence electrons. The number of halogens is 8. The van der Waals surface area contributed by atoms with E-state index >= 15 is 0 Å². The van der Waals surface area contributed by atoms with Gasteiger partial charge in [0.2, 0.25) is 0 Å². The Bertz CT molecular complexity index is 1720. The Balaban J connectivity index is 1.48. The number of aromatic nitrogens is 5. The summed E-state index contributed by atoms with van der Waals surface area (Å²) < 4.78 is 108. The zero-order valence-corrected chi connectivity index (χ0v) is 22.0. The molecule has 43 heavy (non-hydrogen) atoms. The fourth-order valence-electron chi connectivity index (χ4n) is 4.34. The first-order chi connectivity index (χ1) is 20.0. The van der Waals surface area contributed by atoms with E-state index in [0.717, 1.165) is 29.2 Å². The summed E-state index contributed by atoms with van der Waals surface area (Å²) >= 11 is 0. The van der Waals surface area contributed by atoms with Crippen molar-refractivity contribution in [2.45, 2.75) is 57.0 Å². The third kappa shape index (κ3) is 7.33. The van der Waals surface area contributed by atoms with E-state index in [1.54, 1.807) is 5.10 Å². The smallest absolute Gasteiger partial charge is 0.383 e. The van der Waals surface area contributed by atoms with Crippen LogP contribution in [-0.4, -0.2) is 54.3 Å². The highest BCUT2D eigenvalue weighted by Gasteiger charge is 2.38. The molecule has 0 aliphatic heterocycles. The summed E-state index contributed by atoms with van der Waals surface area (Å²) in [5, 5.41) is 16.7. The first-order valence-corrected chi connectivity index (χ1v) is 12.5. The fraction of sp³-hybridized carbons (Fsp3) is 0.346. The molecular weight excluding hydrogens is 596 g/mol. The zero-order chi connectivity index (χ0) is 31.7. The molecule has 3 atom stereocenters. The van der Waals surface area contributed by atoms with Crippen molar-refractivity contribution in [1.82, 2.24) is 24.7 Å². The molecule has 0 saturated carbocycles. The van der Waals surface area contributed by atoms with Crippen LogP contribution in [0, 0.1) is 5.82 Å². The predicted molar refractivity (Wildman–Crippen MR) is 137 cm³/mol. The van der Waals surface area contributed by atoms with Crippen molar-refractivity contribution in [3.05, 3.63) is 80.6 Å². The maximum absolute atomic E-state index is 15.0. The number of hydrogen-bond acceptors (Lipinski definition) is 7. The average Bonchev–Trinajstić information content (AvgIpc) is 2.89. The van der Waals surface area contributed by atoms with Gasteiger partial charge in [0.1, 0.15) is 17.6 Å². The Morgan fingerprint density at radius 1 is 1.07 bits per heavy atom. The lowest BCUT2D eigenvalue weighted by molar-refractivity contribution is -0.203. The van der Waals surface area contributed by atoms with E-state index in [2.05, 4.69) is 20.4 Å². The van der Waals surface area contributed by atoms with Gasteiger partial charge in [0, 0.05) is 37.5 Å². The number of nitrogens with zero attached hydrogens (tertiary/aromatic N) is 4. The van der Waals surface area contributed by atoms with Crippen LogP contribution in [0.5, 0.6) is 0 Å². The number of H-pyrrole nitrogens is 1. The third-order valence-electron chi connectivity index (χ3n) is 6.36. The molecule has 0 amide bonds. The maximum Gasteiger partial charge on any atom is 0.423 e. The zero-order valence-electron chi connectivity index (χ0n) is 22.0. The Kier molecular flexibility index (Phi) is 8.84. The van der Waals surface area contributed by atoms with Gasteiger partial charge in [-0.05, 0) is 36.1 Å². The van der Waals surface area contributed by atoms with Crippen molar-refractivity contribution in [3.63, 3.8) is 0 Å². The minimum absolute atomic E-state index is 0.0437. The Morgan fingerprint density at radius 2 is 1.74 bits per heavy atom. The van der Waals surface area contributed by atoms with Gasteiger partial charge in [-0.25, -0.2) is 23.8 Å². The van der Waals surface area contributed by atoms with Crippen molar-refractivity contribution < 1.29 is 40.2 Å². The van der Waals surface area contributed by atoms with Crippen LogP contribution < -0.4 is 16.4 Å². The van der Waals surface area contributed by atoms with Gasteiger partial charge in [0.05, 0.1) is 29.4 Å². The first kappa shape index (κ1) is 31.5. The Hall–Kier alpha value is -4.41. The Labute approximate surface area is 236 Å². The molecule has 0 fully saturated rings. The van der Waals surface area contributed by atoms with Gasteiger partial charge in [-0.2, -0.15) is 31.4 Å². The first-order valence-electron chi connectivity index (χ1n) is 12.5. The minimum atomic E-state index is -4.99. The molecular formula is C26H22F8N6O3. The van der Waals surface area contributed by atoms with Crippen LogP contribution in [-0.2, 0) is 19.1 Å². The monoisotopic (exact) mass is 618 g/mol. The van der Waals surface area contributed by atoms with Crippen LogP contribution in [0.15, 0.2) is 52.6 Å². The number of rotatable bonds is 9. The highest BCUT2D eigenvalue weighted by Crippen LogP contribution is 2.32. The van der Waals surface area contributed by atoms with Gasteiger partial charge < -0.3 is 15.0 Å². The number of benzene rings is 1. The van der Waals surface area contributed by atoms with Gasteiger partial charge in [0.25, 0.3) is 11.1 Å². The standard InChI is InChI=1S/C26H22F8N6O3/c1-12(38-19-10-37-39-23(42)21(19)26(32,33)34)4-15(27)11-40-3-2-14-6-17(18(28)7-16(14)24(40)43)22-35-8-13(9-36-22)5-20(41)25(29,30)31/h2-3,6-10,12,15,20,41H,4-5,11H2,1H3,(H2,38,39,42)/t12-,15+,20?/m0/s1. The SMILES string of the molecule is C[C@@H](C[C@@H](F)Cn1ccc2cc(-c3ncc(CC(O)C(F)(F)F)cn3)c(F)cc2c1=O)Nc1cn[nH]c(=O)c1C(F)(F)F. The number of aliphatic hydroxyl groups excluding tert-OH is 1.